The van der Waals surface area contributed by atoms with Crippen molar-refractivity contribution in [2.75, 3.05) is 0 Å². The van der Waals surface area contributed by atoms with Crippen molar-refractivity contribution in [2.45, 2.75) is 49.4 Å². The van der Waals surface area contributed by atoms with Crippen LogP contribution in [0.3, 0.4) is 0 Å². The first-order valence-corrected chi connectivity index (χ1v) is 6.31. The van der Waals surface area contributed by atoms with Crippen LogP contribution >= 0.6 is 0 Å². The minimum absolute atomic E-state index is 0.194. The van der Waals surface area contributed by atoms with E-state index < -0.39 is 17.2 Å². The largest absolute Gasteiger partial charge is 0.495 e. The Bertz CT molecular complexity index is 432. The van der Waals surface area contributed by atoms with Gasteiger partial charge in [-0.05, 0) is 24.7 Å². The van der Waals surface area contributed by atoms with E-state index >= 15 is 0 Å². The highest BCUT2D eigenvalue weighted by molar-refractivity contribution is 5.81. The van der Waals surface area contributed by atoms with Crippen molar-refractivity contribution in [3.8, 4) is 0 Å². The van der Waals surface area contributed by atoms with E-state index in [1.54, 1.807) is 0 Å². The van der Waals surface area contributed by atoms with Crippen LogP contribution in [0.4, 0.5) is 0 Å². The summed E-state index contributed by atoms with van der Waals surface area (Å²) < 4.78 is 11.1. The number of fused-ring (bicyclic) bond motifs is 1. The minimum Gasteiger partial charge on any atom is -0.495 e. The number of aliphatic hydroxyl groups is 1. The van der Waals surface area contributed by atoms with Crippen molar-refractivity contribution < 1.29 is 19.4 Å². The molecule has 0 radical (unpaired) electrons. The summed E-state index contributed by atoms with van der Waals surface area (Å²) in [5.41, 5.74) is -2.26. The molecular weight excluding hydrogens is 232 g/mol. The Labute approximate surface area is 106 Å². The van der Waals surface area contributed by atoms with Gasteiger partial charge in [-0.2, -0.15) is 0 Å². The van der Waals surface area contributed by atoms with Gasteiger partial charge in [0.1, 0.15) is 11.7 Å². The topological polar surface area (TPSA) is 55.8 Å². The SMILES string of the molecule is C=COC12CC3CC(C=C)(C1)CC(O)(C2)C(=O)O3. The lowest BCUT2D eigenvalue weighted by molar-refractivity contribution is -0.173. The van der Waals surface area contributed by atoms with Crippen molar-refractivity contribution in [3.05, 3.63) is 25.5 Å². The number of esters is 1. The predicted octanol–water partition coefficient (Wildman–Crippen LogP) is 1.69. The first kappa shape index (κ1) is 11.8. The van der Waals surface area contributed by atoms with Crippen LogP contribution in [0, 0.1) is 5.41 Å². The predicted molar refractivity (Wildman–Crippen MR) is 64.6 cm³/mol. The molecule has 2 aliphatic carbocycles. The van der Waals surface area contributed by atoms with Crippen LogP contribution in [0.5, 0.6) is 0 Å². The van der Waals surface area contributed by atoms with Gasteiger partial charge in [0, 0.05) is 12.8 Å². The standard InChI is InChI=1S/C14H18O4/c1-3-12-5-10-6-13(7-12,17-4-2)9-14(16,8-12)11(15)18-10/h3-4,10,16H,1-2,5-9H2. The lowest BCUT2D eigenvalue weighted by atomic mass is 9.55. The number of carbonyl (C=O) groups is 1. The van der Waals surface area contributed by atoms with E-state index in [1.807, 2.05) is 6.08 Å². The van der Waals surface area contributed by atoms with Crippen LogP contribution < -0.4 is 0 Å². The number of rotatable bonds is 3. The maximum Gasteiger partial charge on any atom is 0.338 e. The monoisotopic (exact) mass is 250 g/mol. The molecule has 2 saturated heterocycles. The van der Waals surface area contributed by atoms with Crippen LogP contribution in [-0.4, -0.2) is 28.4 Å². The molecule has 4 atom stereocenters. The second kappa shape index (κ2) is 3.38. The third-order valence-electron chi connectivity index (χ3n) is 4.59. The van der Waals surface area contributed by atoms with Crippen LogP contribution in [-0.2, 0) is 14.3 Å². The third kappa shape index (κ3) is 1.45. The zero-order valence-electron chi connectivity index (χ0n) is 10.4. The number of allylic oxidation sites excluding steroid dienone is 1. The van der Waals surface area contributed by atoms with Gasteiger partial charge in [0.05, 0.1) is 6.26 Å². The summed E-state index contributed by atoms with van der Waals surface area (Å²) in [6, 6.07) is 0. The summed E-state index contributed by atoms with van der Waals surface area (Å²) >= 11 is 0. The number of hydrogen-bond acceptors (Lipinski definition) is 4. The fourth-order valence-corrected chi connectivity index (χ4v) is 4.20. The summed E-state index contributed by atoms with van der Waals surface area (Å²) in [6.07, 6.45) is 5.86. The van der Waals surface area contributed by atoms with Crippen molar-refractivity contribution in [1.82, 2.24) is 0 Å². The maximum absolute atomic E-state index is 12.0. The fourth-order valence-electron chi connectivity index (χ4n) is 4.20. The van der Waals surface area contributed by atoms with E-state index in [0.717, 1.165) is 12.8 Å². The molecular formula is C14H18O4. The van der Waals surface area contributed by atoms with Gasteiger partial charge in [0.15, 0.2) is 5.60 Å². The highest BCUT2D eigenvalue weighted by Gasteiger charge is 2.65. The Balaban J connectivity index is 2.10. The van der Waals surface area contributed by atoms with Gasteiger partial charge in [-0.3, -0.25) is 0 Å². The van der Waals surface area contributed by atoms with Crippen molar-refractivity contribution in [2.24, 2.45) is 5.41 Å². The fraction of sp³-hybridized carbons (Fsp3) is 0.643. The van der Waals surface area contributed by atoms with Crippen LogP contribution in [0.1, 0.15) is 32.1 Å². The van der Waals surface area contributed by atoms with E-state index in [0.29, 0.717) is 12.8 Å². The molecule has 0 aromatic rings. The number of ether oxygens (including phenoxy) is 2. The van der Waals surface area contributed by atoms with Gasteiger partial charge >= 0.3 is 5.97 Å². The van der Waals surface area contributed by atoms with Crippen molar-refractivity contribution in [1.29, 1.82) is 0 Å². The molecule has 18 heavy (non-hydrogen) atoms. The molecule has 2 heterocycles. The Morgan fingerprint density at radius 1 is 1.33 bits per heavy atom. The maximum atomic E-state index is 12.0. The summed E-state index contributed by atoms with van der Waals surface area (Å²) in [5.74, 6) is -0.509. The van der Waals surface area contributed by atoms with Crippen LogP contribution in [0.15, 0.2) is 25.5 Å². The van der Waals surface area contributed by atoms with Gasteiger partial charge in [-0.1, -0.05) is 12.7 Å². The second-order valence-corrected chi connectivity index (χ2v) is 6.03. The third-order valence-corrected chi connectivity index (χ3v) is 4.59. The second-order valence-electron chi connectivity index (χ2n) is 6.03. The molecule has 0 aromatic heterocycles. The zero-order chi connectivity index (χ0) is 13.0. The van der Waals surface area contributed by atoms with E-state index in [1.165, 1.54) is 6.26 Å². The molecule has 4 aliphatic rings. The Morgan fingerprint density at radius 2 is 2.11 bits per heavy atom. The molecule has 0 amide bonds. The number of hydrogen-bond donors (Lipinski definition) is 1. The summed E-state index contributed by atoms with van der Waals surface area (Å²) in [7, 11) is 0. The van der Waals surface area contributed by atoms with Crippen molar-refractivity contribution >= 4 is 5.97 Å². The quantitative estimate of drug-likeness (QED) is 0.470. The first-order chi connectivity index (χ1) is 8.45. The van der Waals surface area contributed by atoms with Gasteiger partial charge in [-0.25, -0.2) is 4.79 Å². The number of carbonyl (C=O) groups excluding carboxylic acids is 1. The van der Waals surface area contributed by atoms with Gasteiger partial charge < -0.3 is 14.6 Å². The molecule has 1 N–H and O–H groups in total. The Hall–Kier alpha value is -1.29. The molecule has 4 unspecified atom stereocenters. The van der Waals surface area contributed by atoms with Crippen LogP contribution in [0.25, 0.3) is 0 Å². The molecule has 4 bridgehead atoms. The minimum atomic E-state index is -1.44. The van der Waals surface area contributed by atoms with E-state index in [2.05, 4.69) is 13.2 Å². The summed E-state index contributed by atoms with van der Waals surface area (Å²) in [5, 5.41) is 10.6. The highest BCUT2D eigenvalue weighted by Crippen LogP contribution is 2.59. The molecule has 4 nitrogen and oxygen atoms in total. The molecule has 2 saturated carbocycles. The van der Waals surface area contributed by atoms with E-state index in [4.69, 9.17) is 9.47 Å². The Morgan fingerprint density at radius 3 is 2.78 bits per heavy atom. The summed E-state index contributed by atoms with van der Waals surface area (Å²) in [6.45, 7) is 7.48. The summed E-state index contributed by atoms with van der Waals surface area (Å²) in [4.78, 5) is 12.0. The average Bonchev–Trinajstić information content (AvgIpc) is 2.38. The molecule has 98 valence electrons. The molecule has 2 aliphatic heterocycles. The Kier molecular flexibility index (Phi) is 2.21. The lowest BCUT2D eigenvalue weighted by Gasteiger charge is -2.53. The molecule has 0 spiro atoms. The molecule has 0 aromatic carbocycles. The van der Waals surface area contributed by atoms with Crippen molar-refractivity contribution in [3.63, 3.8) is 0 Å². The average molecular weight is 250 g/mol. The van der Waals surface area contributed by atoms with E-state index in [9.17, 15) is 9.90 Å². The molecule has 4 heteroatoms. The smallest absolute Gasteiger partial charge is 0.338 e. The van der Waals surface area contributed by atoms with Crippen LogP contribution in [0.2, 0.25) is 0 Å². The van der Waals surface area contributed by atoms with Gasteiger partial charge in [0.25, 0.3) is 0 Å². The van der Waals surface area contributed by atoms with Gasteiger partial charge in [0.2, 0.25) is 0 Å². The van der Waals surface area contributed by atoms with Gasteiger partial charge in [-0.15, -0.1) is 6.58 Å². The molecule has 4 fully saturated rings. The normalized spacial score (nSPS) is 49.4. The molecule has 4 rings (SSSR count). The lowest BCUT2D eigenvalue weighted by Crippen LogP contribution is -2.57. The zero-order valence-corrected chi connectivity index (χ0v) is 10.4. The van der Waals surface area contributed by atoms with E-state index in [-0.39, 0.29) is 17.9 Å². The first-order valence-electron chi connectivity index (χ1n) is 6.31. The highest BCUT2D eigenvalue weighted by atomic mass is 16.6.